The summed E-state index contributed by atoms with van der Waals surface area (Å²) in [6.07, 6.45) is 3.64. The van der Waals surface area contributed by atoms with Crippen molar-refractivity contribution in [1.82, 2.24) is 4.90 Å². The molecule has 23 heavy (non-hydrogen) atoms. The van der Waals surface area contributed by atoms with Crippen molar-refractivity contribution in [2.24, 2.45) is 0 Å². The van der Waals surface area contributed by atoms with Gasteiger partial charge in [0, 0.05) is 23.8 Å². The molecule has 0 atom stereocenters. The highest BCUT2D eigenvalue weighted by Crippen LogP contribution is 2.40. The second-order valence-corrected chi connectivity index (χ2v) is 5.22. The van der Waals surface area contributed by atoms with Gasteiger partial charge >= 0.3 is 5.97 Å². The van der Waals surface area contributed by atoms with Crippen LogP contribution >= 0.6 is 0 Å². The highest BCUT2D eigenvalue weighted by molar-refractivity contribution is 6.11. The Morgan fingerprint density at radius 2 is 1.87 bits per heavy atom. The lowest BCUT2D eigenvalue weighted by Crippen LogP contribution is -2.31. The molecule has 0 N–H and O–H groups in total. The van der Waals surface area contributed by atoms with Crippen LogP contribution < -0.4 is 9.47 Å². The molecular formula is C17H17NO5. The van der Waals surface area contributed by atoms with Crippen molar-refractivity contribution in [2.45, 2.75) is 6.42 Å². The molecule has 1 amide bonds. The highest BCUT2D eigenvalue weighted by Gasteiger charge is 2.34. The standard InChI is InChI=1S/C17H17NO5/c1-21-14-7-10-4-5-18-13(12(10)9-15(14)22-2)6-11(17(18)20)8-16(19)23-3/h6-9H,4-5H2,1-3H3/b11-8-. The molecule has 1 aromatic carbocycles. The molecule has 2 aliphatic heterocycles. The summed E-state index contributed by atoms with van der Waals surface area (Å²) in [7, 11) is 4.45. The van der Waals surface area contributed by atoms with Gasteiger partial charge in [-0.25, -0.2) is 4.79 Å². The molecule has 0 unspecified atom stereocenters. The number of ether oxygens (including phenoxy) is 3. The predicted octanol–water partition coefficient (Wildman–Crippen LogP) is 1.54. The molecule has 120 valence electrons. The van der Waals surface area contributed by atoms with E-state index in [9.17, 15) is 9.59 Å². The van der Waals surface area contributed by atoms with E-state index in [1.54, 1.807) is 25.2 Å². The third-order valence-corrected chi connectivity index (χ3v) is 4.04. The number of carbonyl (C=O) groups is 2. The molecule has 2 heterocycles. The Bertz CT molecular complexity index is 748. The number of fused-ring (bicyclic) bond motifs is 3. The zero-order valence-corrected chi connectivity index (χ0v) is 13.2. The van der Waals surface area contributed by atoms with Crippen LogP contribution in [0.25, 0.3) is 5.70 Å². The van der Waals surface area contributed by atoms with E-state index in [0.717, 1.165) is 16.8 Å². The first-order chi connectivity index (χ1) is 11.1. The Morgan fingerprint density at radius 1 is 1.17 bits per heavy atom. The van der Waals surface area contributed by atoms with Gasteiger partial charge in [0.1, 0.15) is 0 Å². The highest BCUT2D eigenvalue weighted by atomic mass is 16.5. The van der Waals surface area contributed by atoms with Crippen molar-refractivity contribution in [3.8, 4) is 11.5 Å². The second kappa shape index (κ2) is 5.79. The van der Waals surface area contributed by atoms with Crippen molar-refractivity contribution in [3.63, 3.8) is 0 Å². The Hall–Kier alpha value is -2.76. The van der Waals surface area contributed by atoms with E-state index >= 15 is 0 Å². The van der Waals surface area contributed by atoms with Crippen LogP contribution in [0.3, 0.4) is 0 Å². The van der Waals surface area contributed by atoms with Crippen LogP contribution in [0.4, 0.5) is 0 Å². The Balaban J connectivity index is 2.09. The quantitative estimate of drug-likeness (QED) is 0.625. The summed E-state index contributed by atoms with van der Waals surface area (Å²) in [5.41, 5.74) is 3.09. The molecule has 0 saturated heterocycles. The maximum Gasteiger partial charge on any atom is 0.331 e. The fourth-order valence-corrected chi connectivity index (χ4v) is 2.89. The number of carbonyl (C=O) groups excluding carboxylic acids is 2. The average Bonchev–Trinajstić information content (AvgIpc) is 2.89. The van der Waals surface area contributed by atoms with Crippen molar-refractivity contribution < 1.29 is 23.8 Å². The Kier molecular flexibility index (Phi) is 3.82. The van der Waals surface area contributed by atoms with Gasteiger partial charge < -0.3 is 19.1 Å². The summed E-state index contributed by atoms with van der Waals surface area (Å²) in [5, 5.41) is 0. The number of methoxy groups -OCH3 is 3. The lowest BCUT2D eigenvalue weighted by Gasteiger charge is -2.28. The number of hydrogen-bond donors (Lipinski definition) is 0. The van der Waals surface area contributed by atoms with E-state index in [2.05, 4.69) is 4.74 Å². The zero-order valence-electron chi connectivity index (χ0n) is 13.2. The minimum Gasteiger partial charge on any atom is -0.493 e. The molecule has 0 aliphatic carbocycles. The van der Waals surface area contributed by atoms with E-state index in [1.807, 2.05) is 12.1 Å². The molecule has 2 aliphatic rings. The number of hydrogen-bond acceptors (Lipinski definition) is 5. The summed E-state index contributed by atoms with van der Waals surface area (Å²) in [4.78, 5) is 25.5. The molecule has 0 saturated carbocycles. The van der Waals surface area contributed by atoms with Gasteiger partial charge in [0.2, 0.25) is 0 Å². The lowest BCUT2D eigenvalue weighted by atomic mass is 9.96. The molecule has 0 radical (unpaired) electrons. The summed E-state index contributed by atoms with van der Waals surface area (Å²) in [6, 6.07) is 3.79. The van der Waals surface area contributed by atoms with Crippen LogP contribution in [-0.4, -0.2) is 44.7 Å². The van der Waals surface area contributed by atoms with Gasteiger partial charge in [-0.3, -0.25) is 4.79 Å². The fraction of sp³-hybridized carbons (Fsp3) is 0.294. The third kappa shape index (κ3) is 2.46. The summed E-state index contributed by atoms with van der Waals surface area (Å²) in [6.45, 7) is 0.561. The second-order valence-electron chi connectivity index (χ2n) is 5.22. The monoisotopic (exact) mass is 315 g/mol. The van der Waals surface area contributed by atoms with Crippen molar-refractivity contribution in [2.75, 3.05) is 27.9 Å². The number of benzene rings is 1. The molecule has 1 aromatic rings. The van der Waals surface area contributed by atoms with Crippen LogP contribution in [-0.2, 0) is 20.7 Å². The van der Waals surface area contributed by atoms with E-state index in [0.29, 0.717) is 30.0 Å². The molecule has 0 fully saturated rings. The summed E-state index contributed by atoms with van der Waals surface area (Å²) >= 11 is 0. The average molecular weight is 315 g/mol. The normalized spacial score (nSPS) is 17.5. The predicted molar refractivity (Wildman–Crippen MR) is 83.0 cm³/mol. The molecular weight excluding hydrogens is 298 g/mol. The maximum absolute atomic E-state index is 12.4. The van der Waals surface area contributed by atoms with Gasteiger partial charge in [-0.15, -0.1) is 0 Å². The van der Waals surface area contributed by atoms with Crippen LogP contribution in [0.15, 0.2) is 29.9 Å². The topological polar surface area (TPSA) is 65.1 Å². The first-order valence-electron chi connectivity index (χ1n) is 7.17. The summed E-state index contributed by atoms with van der Waals surface area (Å²) in [5.74, 6) is 0.533. The van der Waals surface area contributed by atoms with Crippen molar-refractivity contribution in [1.29, 1.82) is 0 Å². The fourth-order valence-electron chi connectivity index (χ4n) is 2.89. The van der Waals surface area contributed by atoms with E-state index in [1.165, 1.54) is 13.2 Å². The first-order valence-corrected chi connectivity index (χ1v) is 7.17. The number of amides is 1. The van der Waals surface area contributed by atoms with Gasteiger partial charge in [-0.2, -0.15) is 0 Å². The number of esters is 1. The van der Waals surface area contributed by atoms with Crippen molar-refractivity contribution in [3.05, 3.63) is 41.0 Å². The Labute approximate surface area is 133 Å². The van der Waals surface area contributed by atoms with E-state index in [4.69, 9.17) is 9.47 Å². The number of rotatable bonds is 3. The minimum absolute atomic E-state index is 0.189. The van der Waals surface area contributed by atoms with Gasteiger partial charge in [-0.1, -0.05) is 0 Å². The van der Waals surface area contributed by atoms with Gasteiger partial charge in [0.25, 0.3) is 5.91 Å². The van der Waals surface area contributed by atoms with Crippen LogP contribution in [0, 0.1) is 0 Å². The Morgan fingerprint density at radius 3 is 2.52 bits per heavy atom. The smallest absolute Gasteiger partial charge is 0.331 e. The maximum atomic E-state index is 12.4. The molecule has 0 bridgehead atoms. The van der Waals surface area contributed by atoms with Crippen LogP contribution in [0.1, 0.15) is 11.1 Å². The minimum atomic E-state index is -0.544. The van der Waals surface area contributed by atoms with E-state index < -0.39 is 5.97 Å². The van der Waals surface area contributed by atoms with E-state index in [-0.39, 0.29) is 5.91 Å². The number of nitrogens with zero attached hydrogens (tertiary/aromatic N) is 1. The molecule has 3 rings (SSSR count). The molecule has 0 spiro atoms. The summed E-state index contributed by atoms with van der Waals surface area (Å²) < 4.78 is 15.3. The zero-order chi connectivity index (χ0) is 16.6. The van der Waals surface area contributed by atoms with Gasteiger partial charge in [0.15, 0.2) is 11.5 Å². The van der Waals surface area contributed by atoms with Crippen LogP contribution in [0.2, 0.25) is 0 Å². The molecule has 0 aromatic heterocycles. The molecule has 6 heteroatoms. The lowest BCUT2D eigenvalue weighted by molar-refractivity contribution is -0.135. The van der Waals surface area contributed by atoms with Gasteiger partial charge in [0.05, 0.1) is 27.0 Å². The SMILES string of the molecule is COC(=O)/C=C1/C=C2c3cc(OC)c(OC)cc3CCN2C1=O. The van der Waals surface area contributed by atoms with Gasteiger partial charge in [-0.05, 0) is 30.2 Å². The van der Waals surface area contributed by atoms with Crippen LogP contribution in [0.5, 0.6) is 11.5 Å². The third-order valence-electron chi connectivity index (χ3n) is 4.04. The van der Waals surface area contributed by atoms with Crippen molar-refractivity contribution >= 4 is 17.6 Å². The molecule has 6 nitrogen and oxygen atoms in total. The first kappa shape index (κ1) is 15.1. The largest absolute Gasteiger partial charge is 0.493 e.